The highest BCUT2D eigenvalue weighted by atomic mass is 16.8. The van der Waals surface area contributed by atoms with Gasteiger partial charge < -0.3 is 23.7 Å². The van der Waals surface area contributed by atoms with Gasteiger partial charge in [0.1, 0.15) is 12.7 Å². The number of hydrogen-bond acceptors (Lipinski definition) is 11. The van der Waals surface area contributed by atoms with E-state index < -0.39 is 42.5 Å². The van der Waals surface area contributed by atoms with Crippen LogP contribution in [0.15, 0.2) is 17.1 Å². The van der Waals surface area contributed by atoms with E-state index in [1.165, 1.54) is 12.3 Å². The average molecular weight is 385 g/mol. The summed E-state index contributed by atoms with van der Waals surface area (Å²) in [5.74, 6) is 0.0900. The molecule has 1 aromatic rings. The van der Waals surface area contributed by atoms with Gasteiger partial charge in [-0.3, -0.25) is 15.3 Å². The van der Waals surface area contributed by atoms with Crippen molar-refractivity contribution >= 4 is 18.1 Å². The minimum absolute atomic E-state index is 0.0572. The SMILES string of the molecule is CC(C)COC(=O)OC[C@H]1O[C@@H](n2ccc(NO)nc2=O)[C@@H]2OC(=O)O[C@@H]21. The van der Waals surface area contributed by atoms with Crippen molar-refractivity contribution in [3.63, 3.8) is 0 Å². The Morgan fingerprint density at radius 3 is 2.74 bits per heavy atom. The van der Waals surface area contributed by atoms with Gasteiger partial charge in [-0.15, -0.1) is 0 Å². The third-order valence-electron chi connectivity index (χ3n) is 3.87. The monoisotopic (exact) mass is 385 g/mol. The molecular weight excluding hydrogens is 366 g/mol. The molecular formula is C15H19N3O9. The predicted octanol–water partition coefficient (Wildman–Crippen LogP) is 0.655. The second kappa shape index (κ2) is 7.80. The van der Waals surface area contributed by atoms with Crippen LogP contribution in [0.3, 0.4) is 0 Å². The summed E-state index contributed by atoms with van der Waals surface area (Å²) in [7, 11) is 0. The maximum Gasteiger partial charge on any atom is 0.509 e. The number of fused-ring (bicyclic) bond motifs is 1. The Hall–Kier alpha value is -2.86. The minimum atomic E-state index is -1.03. The van der Waals surface area contributed by atoms with Gasteiger partial charge in [0.15, 0.2) is 24.3 Å². The lowest BCUT2D eigenvalue weighted by atomic mass is 10.1. The maximum atomic E-state index is 12.1. The molecule has 2 fully saturated rings. The summed E-state index contributed by atoms with van der Waals surface area (Å²) in [5, 5.41) is 8.80. The summed E-state index contributed by atoms with van der Waals surface area (Å²) in [4.78, 5) is 38.8. The second-order valence-electron chi connectivity index (χ2n) is 6.36. The lowest BCUT2D eigenvalue weighted by molar-refractivity contribution is -0.0807. The van der Waals surface area contributed by atoms with Crippen LogP contribution in [-0.2, 0) is 23.7 Å². The normalized spacial score (nSPS) is 26.3. The molecule has 0 aromatic carbocycles. The Labute approximate surface area is 152 Å². The first kappa shape index (κ1) is 18.9. The molecule has 0 unspecified atom stereocenters. The molecule has 2 N–H and O–H groups in total. The second-order valence-corrected chi connectivity index (χ2v) is 6.36. The molecule has 0 aliphatic carbocycles. The largest absolute Gasteiger partial charge is 0.509 e. The number of carbonyl (C=O) groups excluding carboxylic acids is 2. The summed E-state index contributed by atoms with van der Waals surface area (Å²) in [5.41, 5.74) is 1.00. The van der Waals surface area contributed by atoms with Gasteiger partial charge in [-0.25, -0.2) is 14.4 Å². The molecule has 4 atom stereocenters. The number of nitrogens with zero attached hydrogens (tertiary/aromatic N) is 2. The van der Waals surface area contributed by atoms with Crippen molar-refractivity contribution in [2.75, 3.05) is 18.7 Å². The Morgan fingerprint density at radius 1 is 1.33 bits per heavy atom. The van der Waals surface area contributed by atoms with Crippen LogP contribution in [0.1, 0.15) is 20.1 Å². The molecule has 27 heavy (non-hydrogen) atoms. The zero-order chi connectivity index (χ0) is 19.6. The van der Waals surface area contributed by atoms with Crippen LogP contribution in [0.4, 0.5) is 15.4 Å². The first-order valence-electron chi connectivity index (χ1n) is 8.20. The number of ether oxygens (including phenoxy) is 5. The molecule has 148 valence electrons. The number of aromatic nitrogens is 2. The molecule has 3 rings (SSSR count). The molecule has 2 aliphatic heterocycles. The molecule has 1 aromatic heterocycles. The van der Waals surface area contributed by atoms with E-state index in [1.807, 2.05) is 13.8 Å². The van der Waals surface area contributed by atoms with Gasteiger partial charge in [-0.1, -0.05) is 13.8 Å². The fourth-order valence-corrected chi connectivity index (χ4v) is 2.68. The van der Waals surface area contributed by atoms with Crippen LogP contribution in [0.5, 0.6) is 0 Å². The third-order valence-corrected chi connectivity index (χ3v) is 3.87. The van der Waals surface area contributed by atoms with Crippen LogP contribution in [-0.4, -0.2) is 58.6 Å². The van der Waals surface area contributed by atoms with Crippen molar-refractivity contribution in [2.45, 2.75) is 38.4 Å². The minimum Gasteiger partial charge on any atom is -0.434 e. The molecule has 12 heteroatoms. The lowest BCUT2D eigenvalue weighted by Gasteiger charge is -2.18. The Bertz CT molecular complexity index is 765. The zero-order valence-corrected chi connectivity index (χ0v) is 14.6. The first-order valence-corrected chi connectivity index (χ1v) is 8.20. The van der Waals surface area contributed by atoms with Crippen molar-refractivity contribution in [2.24, 2.45) is 5.92 Å². The Kier molecular flexibility index (Phi) is 5.46. The summed E-state index contributed by atoms with van der Waals surface area (Å²) in [6.07, 6.45) is -4.18. The van der Waals surface area contributed by atoms with E-state index in [2.05, 4.69) is 4.98 Å². The van der Waals surface area contributed by atoms with Gasteiger partial charge in [0, 0.05) is 6.20 Å². The molecule has 0 radical (unpaired) electrons. The van der Waals surface area contributed by atoms with E-state index >= 15 is 0 Å². The van der Waals surface area contributed by atoms with Crippen LogP contribution >= 0.6 is 0 Å². The molecule has 2 aliphatic rings. The molecule has 0 amide bonds. The highest BCUT2D eigenvalue weighted by Gasteiger charge is 2.55. The number of carbonyl (C=O) groups is 2. The molecule has 0 spiro atoms. The Morgan fingerprint density at radius 2 is 2.07 bits per heavy atom. The van der Waals surface area contributed by atoms with Gasteiger partial charge in [-0.2, -0.15) is 4.98 Å². The lowest BCUT2D eigenvalue weighted by Crippen LogP contribution is -2.34. The fourth-order valence-electron chi connectivity index (χ4n) is 2.68. The van der Waals surface area contributed by atoms with E-state index in [4.69, 9.17) is 28.9 Å². The van der Waals surface area contributed by atoms with Crippen LogP contribution in [0.25, 0.3) is 0 Å². The molecule has 12 nitrogen and oxygen atoms in total. The van der Waals surface area contributed by atoms with E-state index in [1.54, 1.807) is 5.48 Å². The number of anilines is 1. The van der Waals surface area contributed by atoms with Crippen LogP contribution in [0.2, 0.25) is 0 Å². The molecule has 3 heterocycles. The number of nitrogens with one attached hydrogen (secondary N) is 1. The summed E-state index contributed by atoms with van der Waals surface area (Å²) < 4.78 is 26.8. The number of hydrogen-bond donors (Lipinski definition) is 2. The summed E-state index contributed by atoms with van der Waals surface area (Å²) in [6.45, 7) is 3.69. The van der Waals surface area contributed by atoms with E-state index in [0.29, 0.717) is 0 Å². The zero-order valence-electron chi connectivity index (χ0n) is 14.6. The standard InChI is InChI=1S/C15H19N3O9/c1-7(2)5-23-14(20)24-6-8-10-11(27-15(21)26-10)12(25-8)18-4-3-9(17-22)16-13(18)19/h3-4,7-8,10-12,22H,5-6H2,1-2H3,(H,16,17,19)/t8-,10-,11-,12-/m1/s1. The summed E-state index contributed by atoms with van der Waals surface area (Å²) in [6, 6.07) is 1.32. The van der Waals surface area contributed by atoms with E-state index in [0.717, 1.165) is 4.57 Å². The van der Waals surface area contributed by atoms with E-state index in [-0.39, 0.29) is 24.9 Å². The van der Waals surface area contributed by atoms with Gasteiger partial charge in [0.05, 0.1) is 6.61 Å². The van der Waals surface area contributed by atoms with Crippen molar-refractivity contribution in [1.29, 1.82) is 0 Å². The maximum absolute atomic E-state index is 12.1. The fraction of sp³-hybridized carbons (Fsp3) is 0.600. The van der Waals surface area contributed by atoms with Crippen molar-refractivity contribution in [3.05, 3.63) is 22.7 Å². The van der Waals surface area contributed by atoms with Gasteiger partial charge in [0.25, 0.3) is 0 Å². The topological polar surface area (TPSA) is 147 Å². The number of rotatable bonds is 6. The van der Waals surface area contributed by atoms with E-state index in [9.17, 15) is 14.4 Å². The van der Waals surface area contributed by atoms with Gasteiger partial charge >= 0.3 is 18.0 Å². The van der Waals surface area contributed by atoms with Crippen molar-refractivity contribution in [3.8, 4) is 0 Å². The Balaban J connectivity index is 1.70. The van der Waals surface area contributed by atoms with Gasteiger partial charge in [0.2, 0.25) is 0 Å². The van der Waals surface area contributed by atoms with Crippen molar-refractivity contribution in [1.82, 2.24) is 9.55 Å². The third kappa shape index (κ3) is 4.11. The highest BCUT2D eigenvalue weighted by molar-refractivity contribution is 5.63. The average Bonchev–Trinajstić information content (AvgIpc) is 3.15. The predicted molar refractivity (Wildman–Crippen MR) is 85.1 cm³/mol. The molecule has 0 bridgehead atoms. The molecule has 2 saturated heterocycles. The first-order chi connectivity index (χ1) is 12.9. The quantitative estimate of drug-likeness (QED) is 0.525. The molecule has 0 saturated carbocycles. The van der Waals surface area contributed by atoms with Crippen LogP contribution in [0, 0.1) is 5.92 Å². The van der Waals surface area contributed by atoms with Crippen LogP contribution < -0.4 is 11.2 Å². The summed E-state index contributed by atoms with van der Waals surface area (Å²) >= 11 is 0. The van der Waals surface area contributed by atoms with Gasteiger partial charge in [-0.05, 0) is 12.0 Å². The highest BCUT2D eigenvalue weighted by Crippen LogP contribution is 2.37. The van der Waals surface area contributed by atoms with Crippen molar-refractivity contribution < 1.29 is 38.5 Å². The smallest absolute Gasteiger partial charge is 0.434 e.